The monoisotopic (exact) mass is 314 g/mol. The van der Waals surface area contributed by atoms with E-state index in [4.69, 9.17) is 4.74 Å². The third-order valence-corrected chi connectivity index (χ3v) is 8.06. The van der Waals surface area contributed by atoms with Crippen molar-refractivity contribution in [3.8, 4) is 0 Å². The van der Waals surface area contributed by atoms with E-state index in [1.165, 1.54) is 31.3 Å². The van der Waals surface area contributed by atoms with Crippen LogP contribution in [0.5, 0.6) is 0 Å². The van der Waals surface area contributed by atoms with Crippen molar-refractivity contribution in [1.29, 1.82) is 0 Å². The predicted molar refractivity (Wildman–Crippen MR) is 85.5 cm³/mol. The SMILES string of the molecule is CC12CCC3C4CCC(=O)C=C4CCC3C1CC1CC(=O)OC12. The van der Waals surface area contributed by atoms with E-state index < -0.39 is 0 Å². The van der Waals surface area contributed by atoms with Crippen LogP contribution in [-0.2, 0) is 14.3 Å². The van der Waals surface area contributed by atoms with E-state index in [0.29, 0.717) is 24.0 Å². The van der Waals surface area contributed by atoms with Gasteiger partial charge in [0.1, 0.15) is 6.10 Å². The van der Waals surface area contributed by atoms with Gasteiger partial charge in [-0.05, 0) is 68.3 Å². The highest BCUT2D eigenvalue weighted by Gasteiger charge is 2.62. The van der Waals surface area contributed by atoms with Gasteiger partial charge in [-0.25, -0.2) is 0 Å². The molecule has 5 rings (SSSR count). The molecule has 0 radical (unpaired) electrons. The second kappa shape index (κ2) is 4.70. The predicted octanol–water partition coefficient (Wildman–Crippen LogP) is 3.67. The van der Waals surface area contributed by atoms with E-state index in [2.05, 4.69) is 6.92 Å². The summed E-state index contributed by atoms with van der Waals surface area (Å²) in [7, 11) is 0. The molecule has 4 fully saturated rings. The van der Waals surface area contributed by atoms with Gasteiger partial charge in [-0.2, -0.15) is 0 Å². The van der Waals surface area contributed by atoms with Gasteiger partial charge in [-0.3, -0.25) is 9.59 Å². The summed E-state index contributed by atoms with van der Waals surface area (Å²) in [4.78, 5) is 23.5. The van der Waals surface area contributed by atoms with Crippen LogP contribution in [0.3, 0.4) is 0 Å². The molecule has 0 N–H and O–H groups in total. The Morgan fingerprint density at radius 1 is 1.13 bits per heavy atom. The third kappa shape index (κ3) is 1.88. The first-order valence-electron chi connectivity index (χ1n) is 9.49. The molecule has 3 heteroatoms. The molecule has 3 nitrogen and oxygen atoms in total. The lowest BCUT2D eigenvalue weighted by atomic mass is 9.52. The Morgan fingerprint density at radius 2 is 2.00 bits per heavy atom. The standard InChI is InChI=1S/C20H26O3/c1-20-7-6-15-14-5-3-13(21)8-11(14)2-4-16(15)17(20)9-12-10-18(22)23-19(12)20/h8,12,14-17,19H,2-7,9-10H2,1H3. The number of esters is 1. The molecule has 23 heavy (non-hydrogen) atoms. The maximum Gasteiger partial charge on any atom is 0.306 e. The van der Waals surface area contributed by atoms with Gasteiger partial charge >= 0.3 is 5.97 Å². The Balaban J connectivity index is 1.45. The summed E-state index contributed by atoms with van der Waals surface area (Å²) < 4.78 is 5.76. The van der Waals surface area contributed by atoms with Crippen LogP contribution in [0.1, 0.15) is 58.3 Å². The van der Waals surface area contributed by atoms with Crippen molar-refractivity contribution >= 4 is 11.8 Å². The van der Waals surface area contributed by atoms with Crippen LogP contribution in [0.25, 0.3) is 0 Å². The van der Waals surface area contributed by atoms with Crippen molar-refractivity contribution in [2.45, 2.75) is 64.4 Å². The van der Waals surface area contributed by atoms with Crippen LogP contribution in [0.15, 0.2) is 11.6 Å². The molecule has 0 aromatic carbocycles. The summed E-state index contributed by atoms with van der Waals surface area (Å²) >= 11 is 0. The maximum atomic E-state index is 11.7. The number of fused-ring (bicyclic) bond motifs is 7. The molecular weight excluding hydrogens is 288 g/mol. The summed E-state index contributed by atoms with van der Waals surface area (Å²) in [6.07, 6.45) is 10.7. The minimum atomic E-state index is 0.0291. The Hall–Kier alpha value is -1.12. The summed E-state index contributed by atoms with van der Waals surface area (Å²) in [6.45, 7) is 2.40. The van der Waals surface area contributed by atoms with Gasteiger partial charge in [-0.1, -0.05) is 12.5 Å². The largest absolute Gasteiger partial charge is 0.461 e. The van der Waals surface area contributed by atoms with Gasteiger partial charge in [0.2, 0.25) is 0 Å². The smallest absolute Gasteiger partial charge is 0.306 e. The molecule has 0 aromatic heterocycles. The van der Waals surface area contributed by atoms with Gasteiger partial charge in [0.15, 0.2) is 5.78 Å². The Kier molecular flexibility index (Phi) is 2.91. The van der Waals surface area contributed by atoms with Crippen molar-refractivity contribution in [2.75, 3.05) is 0 Å². The second-order valence-corrected chi connectivity index (χ2v) is 8.96. The van der Waals surface area contributed by atoms with Crippen molar-refractivity contribution < 1.29 is 14.3 Å². The number of hydrogen-bond acceptors (Lipinski definition) is 3. The lowest BCUT2D eigenvalue weighted by Crippen LogP contribution is -2.48. The first-order valence-corrected chi connectivity index (χ1v) is 9.49. The van der Waals surface area contributed by atoms with Gasteiger partial charge in [0, 0.05) is 17.8 Å². The van der Waals surface area contributed by atoms with Crippen LogP contribution < -0.4 is 0 Å². The Morgan fingerprint density at radius 3 is 2.87 bits per heavy atom. The van der Waals surface area contributed by atoms with Crippen LogP contribution in [0.2, 0.25) is 0 Å². The highest BCUT2D eigenvalue weighted by atomic mass is 16.6. The zero-order valence-corrected chi connectivity index (χ0v) is 13.9. The summed E-state index contributed by atoms with van der Waals surface area (Å²) in [5.41, 5.74) is 1.67. The number of ketones is 1. The van der Waals surface area contributed by atoms with Gasteiger partial charge < -0.3 is 4.74 Å². The number of hydrogen-bond donors (Lipinski definition) is 0. The average molecular weight is 314 g/mol. The van der Waals surface area contributed by atoms with E-state index in [9.17, 15) is 9.59 Å². The quantitative estimate of drug-likeness (QED) is 0.641. The zero-order chi connectivity index (χ0) is 15.8. The molecule has 5 aliphatic rings. The van der Waals surface area contributed by atoms with Gasteiger partial charge in [0.05, 0.1) is 6.42 Å². The average Bonchev–Trinajstić information content (AvgIpc) is 3.02. The maximum absolute atomic E-state index is 11.7. The number of ether oxygens (including phenoxy) is 1. The molecule has 1 aliphatic heterocycles. The van der Waals surface area contributed by atoms with Crippen LogP contribution in [-0.4, -0.2) is 17.9 Å². The molecule has 0 spiro atoms. The molecule has 1 saturated heterocycles. The molecule has 124 valence electrons. The zero-order valence-electron chi connectivity index (χ0n) is 13.9. The molecule has 0 bridgehead atoms. The van der Waals surface area contributed by atoms with E-state index >= 15 is 0 Å². The molecule has 0 aromatic rings. The van der Waals surface area contributed by atoms with E-state index in [0.717, 1.165) is 37.0 Å². The molecule has 0 amide bonds. The summed E-state index contributed by atoms with van der Waals surface area (Å²) in [5, 5.41) is 0. The number of allylic oxidation sites excluding steroid dienone is 1. The van der Waals surface area contributed by atoms with Crippen molar-refractivity contribution in [2.24, 2.45) is 35.0 Å². The van der Waals surface area contributed by atoms with E-state index in [1.54, 1.807) is 0 Å². The fourth-order valence-electron chi connectivity index (χ4n) is 7.14. The van der Waals surface area contributed by atoms with Crippen molar-refractivity contribution in [3.63, 3.8) is 0 Å². The van der Waals surface area contributed by atoms with Gasteiger partial charge in [-0.15, -0.1) is 0 Å². The molecular formula is C20H26O3. The molecule has 4 aliphatic carbocycles. The number of rotatable bonds is 0. The number of carbonyl (C=O) groups is 2. The Bertz CT molecular complexity index is 606. The normalized spacial score (nSPS) is 51.3. The highest BCUT2D eigenvalue weighted by Crippen LogP contribution is 2.65. The first-order chi connectivity index (χ1) is 11.1. The summed E-state index contributed by atoms with van der Waals surface area (Å²) in [6, 6.07) is 0. The number of carbonyl (C=O) groups excluding carboxylic acids is 2. The molecule has 7 unspecified atom stereocenters. The molecule has 3 saturated carbocycles. The fourth-order valence-corrected chi connectivity index (χ4v) is 7.14. The highest BCUT2D eigenvalue weighted by molar-refractivity contribution is 5.91. The first kappa shape index (κ1) is 14.2. The van der Waals surface area contributed by atoms with Gasteiger partial charge in [0.25, 0.3) is 0 Å². The minimum Gasteiger partial charge on any atom is -0.461 e. The summed E-state index contributed by atoms with van der Waals surface area (Å²) in [5.74, 6) is 3.80. The fraction of sp³-hybridized carbons (Fsp3) is 0.800. The molecule has 7 atom stereocenters. The third-order valence-electron chi connectivity index (χ3n) is 8.06. The lowest BCUT2D eigenvalue weighted by molar-refractivity contribution is -0.150. The Labute approximate surface area is 137 Å². The van der Waals surface area contributed by atoms with Crippen LogP contribution in [0.4, 0.5) is 0 Å². The minimum absolute atomic E-state index is 0.0291. The van der Waals surface area contributed by atoms with Crippen LogP contribution >= 0.6 is 0 Å². The topological polar surface area (TPSA) is 43.4 Å². The second-order valence-electron chi connectivity index (χ2n) is 8.96. The van der Waals surface area contributed by atoms with E-state index in [-0.39, 0.29) is 17.5 Å². The van der Waals surface area contributed by atoms with Crippen molar-refractivity contribution in [1.82, 2.24) is 0 Å². The van der Waals surface area contributed by atoms with E-state index in [1.807, 2.05) is 6.08 Å². The van der Waals surface area contributed by atoms with Crippen LogP contribution in [0, 0.1) is 35.0 Å². The molecule has 1 heterocycles. The van der Waals surface area contributed by atoms with Crippen molar-refractivity contribution in [3.05, 3.63) is 11.6 Å². The lowest BCUT2D eigenvalue weighted by Gasteiger charge is -2.53.